The van der Waals surface area contributed by atoms with E-state index in [-0.39, 0.29) is 5.41 Å². The molecule has 0 aliphatic heterocycles. The van der Waals surface area contributed by atoms with Crippen LogP contribution >= 0.6 is 0 Å². The Morgan fingerprint density at radius 1 is 0.920 bits per heavy atom. The van der Waals surface area contributed by atoms with Crippen LogP contribution in [0.1, 0.15) is 86.6 Å². The molecule has 1 nitrogen and oxygen atoms in total. The number of rotatable bonds is 4. The molecule has 1 aromatic rings. The van der Waals surface area contributed by atoms with E-state index < -0.39 is 0 Å². The van der Waals surface area contributed by atoms with Crippen molar-refractivity contribution in [2.75, 3.05) is 5.32 Å². The van der Waals surface area contributed by atoms with Gasteiger partial charge in [-0.1, -0.05) is 79.2 Å². The van der Waals surface area contributed by atoms with Gasteiger partial charge in [-0.25, -0.2) is 0 Å². The molecule has 0 aromatic heterocycles. The third-order valence-electron chi connectivity index (χ3n) is 5.38. The number of anilines is 1. The largest absolute Gasteiger partial charge is 0.382 e. The van der Waals surface area contributed by atoms with Crippen LogP contribution in [0.5, 0.6) is 0 Å². The first-order chi connectivity index (χ1) is 11.4. The van der Waals surface area contributed by atoms with E-state index in [1.165, 1.54) is 30.5 Å². The fraction of sp³-hybridized carbons (Fsp3) is 0.667. The summed E-state index contributed by atoms with van der Waals surface area (Å²) in [7, 11) is 0. The van der Waals surface area contributed by atoms with Crippen LogP contribution in [-0.2, 0) is 5.41 Å². The molecule has 1 heteroatoms. The summed E-state index contributed by atoms with van der Waals surface area (Å²) in [5, 5.41) is 3.74. The molecule has 1 atom stereocenters. The number of nitrogens with one attached hydrogen (secondary N) is 1. The fourth-order valence-electron chi connectivity index (χ4n) is 4.33. The Labute approximate surface area is 156 Å². The van der Waals surface area contributed by atoms with Crippen LogP contribution in [-0.4, -0.2) is 6.04 Å². The molecule has 1 aliphatic carbocycles. The predicted molar refractivity (Wildman–Crippen MR) is 112 cm³/mol. The standard InChI is InChI=1S/C24H39N/c1-22(2,3)17-24(7,8)19-11-15-21(16-12-19)25-20-13-9-18(10-14-20)23(4,5)6/h9,11-12,15-16,20,25H,10,13-14,17H2,1-8H3. The smallest absolute Gasteiger partial charge is 0.0342 e. The van der Waals surface area contributed by atoms with Gasteiger partial charge in [-0.05, 0) is 59.6 Å². The van der Waals surface area contributed by atoms with Crippen molar-refractivity contribution in [1.29, 1.82) is 0 Å². The Morgan fingerprint density at radius 2 is 1.52 bits per heavy atom. The zero-order valence-electron chi connectivity index (χ0n) is 17.8. The second-order valence-corrected chi connectivity index (χ2v) is 10.8. The lowest BCUT2D eigenvalue weighted by molar-refractivity contribution is 0.284. The molecule has 0 spiro atoms. The van der Waals surface area contributed by atoms with Crippen molar-refractivity contribution in [3.8, 4) is 0 Å². The highest BCUT2D eigenvalue weighted by atomic mass is 14.9. The zero-order valence-corrected chi connectivity index (χ0v) is 17.8. The third-order valence-corrected chi connectivity index (χ3v) is 5.38. The van der Waals surface area contributed by atoms with E-state index in [2.05, 4.69) is 91.0 Å². The van der Waals surface area contributed by atoms with E-state index in [1.54, 1.807) is 5.57 Å². The summed E-state index contributed by atoms with van der Waals surface area (Å²) in [4.78, 5) is 0. The van der Waals surface area contributed by atoms with Crippen LogP contribution < -0.4 is 5.32 Å². The first kappa shape index (κ1) is 20.1. The van der Waals surface area contributed by atoms with Gasteiger partial charge in [0.2, 0.25) is 0 Å². The normalized spacial score (nSPS) is 19.5. The quantitative estimate of drug-likeness (QED) is 0.565. The summed E-state index contributed by atoms with van der Waals surface area (Å²) < 4.78 is 0. The summed E-state index contributed by atoms with van der Waals surface area (Å²) in [6.07, 6.45) is 7.25. The van der Waals surface area contributed by atoms with Crippen LogP contribution in [0.4, 0.5) is 5.69 Å². The summed E-state index contributed by atoms with van der Waals surface area (Å²) >= 11 is 0. The van der Waals surface area contributed by atoms with Crippen molar-refractivity contribution in [3.05, 3.63) is 41.5 Å². The molecule has 2 rings (SSSR count). The number of hydrogen-bond acceptors (Lipinski definition) is 1. The van der Waals surface area contributed by atoms with Crippen molar-refractivity contribution in [2.45, 2.75) is 92.5 Å². The molecule has 140 valence electrons. The van der Waals surface area contributed by atoms with Gasteiger partial charge in [-0.2, -0.15) is 0 Å². The van der Waals surface area contributed by atoms with Crippen LogP contribution in [0.2, 0.25) is 0 Å². The Bertz CT molecular complexity index is 590. The average molecular weight is 342 g/mol. The summed E-state index contributed by atoms with van der Waals surface area (Å²) in [6.45, 7) is 18.7. The molecular weight excluding hydrogens is 302 g/mol. The van der Waals surface area contributed by atoms with E-state index >= 15 is 0 Å². The zero-order chi connectivity index (χ0) is 18.9. The SMILES string of the molecule is CC(C)(C)CC(C)(C)c1ccc(NC2CC=C(C(C)(C)C)CC2)cc1. The highest BCUT2D eigenvalue weighted by molar-refractivity contribution is 5.47. The minimum absolute atomic E-state index is 0.214. The molecule has 1 N–H and O–H groups in total. The molecule has 0 bridgehead atoms. The van der Waals surface area contributed by atoms with Crippen molar-refractivity contribution >= 4 is 5.69 Å². The monoisotopic (exact) mass is 341 g/mol. The molecule has 0 amide bonds. The first-order valence-corrected chi connectivity index (χ1v) is 9.93. The van der Waals surface area contributed by atoms with Crippen molar-refractivity contribution in [1.82, 2.24) is 0 Å². The Kier molecular flexibility index (Phi) is 5.76. The van der Waals surface area contributed by atoms with Gasteiger partial charge in [0.05, 0.1) is 0 Å². The van der Waals surface area contributed by atoms with Gasteiger partial charge >= 0.3 is 0 Å². The summed E-state index contributed by atoms with van der Waals surface area (Å²) in [5.74, 6) is 0. The maximum Gasteiger partial charge on any atom is 0.0342 e. The van der Waals surface area contributed by atoms with Crippen LogP contribution in [0.25, 0.3) is 0 Å². The Balaban J connectivity index is 1.99. The van der Waals surface area contributed by atoms with Crippen LogP contribution in [0.3, 0.4) is 0 Å². The van der Waals surface area contributed by atoms with Crippen molar-refractivity contribution < 1.29 is 0 Å². The number of allylic oxidation sites excluding steroid dienone is 1. The van der Waals surface area contributed by atoms with Crippen molar-refractivity contribution in [2.24, 2.45) is 10.8 Å². The summed E-state index contributed by atoms with van der Waals surface area (Å²) in [6, 6.07) is 9.73. The van der Waals surface area contributed by atoms with Gasteiger partial charge in [-0.15, -0.1) is 0 Å². The van der Waals surface area contributed by atoms with Gasteiger partial charge in [0, 0.05) is 11.7 Å². The predicted octanol–water partition coefficient (Wildman–Crippen LogP) is 7.34. The van der Waals surface area contributed by atoms with E-state index in [0.717, 1.165) is 6.42 Å². The first-order valence-electron chi connectivity index (χ1n) is 9.93. The van der Waals surface area contributed by atoms with E-state index in [9.17, 15) is 0 Å². The van der Waals surface area contributed by atoms with Crippen LogP contribution in [0, 0.1) is 10.8 Å². The van der Waals surface area contributed by atoms with Gasteiger partial charge in [0.15, 0.2) is 0 Å². The molecular formula is C24H39N. The lowest BCUT2D eigenvalue weighted by atomic mass is 9.72. The third kappa shape index (κ3) is 5.90. The highest BCUT2D eigenvalue weighted by Gasteiger charge is 2.27. The molecule has 0 heterocycles. The molecule has 0 saturated carbocycles. The van der Waals surface area contributed by atoms with Gasteiger partial charge in [0.25, 0.3) is 0 Å². The molecule has 1 aromatic carbocycles. The fourth-order valence-corrected chi connectivity index (χ4v) is 4.33. The molecule has 0 saturated heterocycles. The summed E-state index contributed by atoms with van der Waals surface area (Å²) in [5.41, 5.74) is 5.20. The van der Waals surface area contributed by atoms with Gasteiger partial charge in [0.1, 0.15) is 0 Å². The average Bonchev–Trinajstić information content (AvgIpc) is 2.45. The van der Waals surface area contributed by atoms with Gasteiger partial charge in [-0.3, -0.25) is 0 Å². The van der Waals surface area contributed by atoms with Gasteiger partial charge < -0.3 is 5.32 Å². The molecule has 1 unspecified atom stereocenters. The minimum Gasteiger partial charge on any atom is -0.382 e. The molecule has 0 radical (unpaired) electrons. The second-order valence-electron chi connectivity index (χ2n) is 10.8. The minimum atomic E-state index is 0.214. The van der Waals surface area contributed by atoms with E-state index in [4.69, 9.17) is 0 Å². The molecule has 25 heavy (non-hydrogen) atoms. The van der Waals surface area contributed by atoms with Crippen molar-refractivity contribution in [3.63, 3.8) is 0 Å². The Morgan fingerprint density at radius 3 is 1.96 bits per heavy atom. The lowest BCUT2D eigenvalue weighted by Gasteiger charge is -2.33. The lowest BCUT2D eigenvalue weighted by Crippen LogP contribution is -2.25. The molecule has 1 aliphatic rings. The Hall–Kier alpha value is -1.24. The number of benzene rings is 1. The van der Waals surface area contributed by atoms with E-state index in [0.29, 0.717) is 16.9 Å². The highest BCUT2D eigenvalue weighted by Crippen LogP contribution is 2.37. The second kappa shape index (κ2) is 7.17. The topological polar surface area (TPSA) is 12.0 Å². The maximum absolute atomic E-state index is 3.74. The number of hydrogen-bond donors (Lipinski definition) is 1. The molecule has 0 fully saturated rings. The van der Waals surface area contributed by atoms with Crippen LogP contribution in [0.15, 0.2) is 35.9 Å². The maximum atomic E-state index is 3.74. The van der Waals surface area contributed by atoms with E-state index in [1.807, 2.05) is 0 Å².